The average Bonchev–Trinajstić information content (AvgIpc) is 2.04. The second-order valence-corrected chi connectivity index (χ2v) is 2.66. The fourth-order valence-corrected chi connectivity index (χ4v) is 1.15. The van der Waals surface area contributed by atoms with E-state index in [2.05, 4.69) is 14.5 Å². The van der Waals surface area contributed by atoms with Crippen LogP contribution in [-0.4, -0.2) is 6.29 Å². The Kier molecular flexibility index (Phi) is 3.75. The van der Waals surface area contributed by atoms with Crippen LogP contribution in [0.25, 0.3) is 0 Å². The molecule has 1 unspecified atom stereocenters. The van der Waals surface area contributed by atoms with Gasteiger partial charge in [-0.15, -0.1) is 11.6 Å². The molecule has 2 nitrogen and oxygen atoms in total. The molecule has 0 aliphatic heterocycles. The fourth-order valence-electron chi connectivity index (χ4n) is 0.727. The molecule has 1 atom stereocenters. The molecule has 0 aromatic heterocycles. The van der Waals surface area contributed by atoms with Crippen LogP contribution in [0.3, 0.4) is 0 Å². The van der Waals surface area contributed by atoms with Crippen molar-refractivity contribution in [2.45, 2.75) is 0 Å². The van der Waals surface area contributed by atoms with Crippen LogP contribution in [0, 0.1) is 0 Å². The van der Waals surface area contributed by atoms with Gasteiger partial charge in [0.25, 0.3) is 0 Å². The SMILES string of the molecule is O=[C-]c1cc(Cl)ccc1NP.[Rf]. The maximum Gasteiger partial charge on any atom is 0.0647 e. The largest absolute Gasteiger partial charge is 0.421 e. The zero-order valence-electron chi connectivity index (χ0n) is 6.30. The molecule has 0 amide bonds. The van der Waals surface area contributed by atoms with Gasteiger partial charge < -0.3 is 9.88 Å². The average molecular weight is 454 g/mol. The Bertz CT molecular complexity index is 282. The second kappa shape index (κ2) is 4.32. The first-order valence-electron chi connectivity index (χ1n) is 2.92. The Morgan fingerprint density at radius 2 is 2.17 bits per heavy atom. The molecule has 0 fully saturated rings. The summed E-state index contributed by atoms with van der Waals surface area (Å²) >= 11 is 5.64. The molecule has 0 aliphatic carbocycles. The van der Waals surface area contributed by atoms with Gasteiger partial charge in [-0.3, -0.25) is 0 Å². The zero-order valence-corrected chi connectivity index (χ0v) is 14.6. The van der Waals surface area contributed by atoms with Crippen molar-refractivity contribution < 1.29 is 4.79 Å². The molecular weight excluding hydrogens is 448 g/mol. The van der Waals surface area contributed by atoms with Gasteiger partial charge in [-0.25, -0.2) is 0 Å². The number of benzene rings is 1. The molecule has 1 rings (SSSR count). The first-order chi connectivity index (χ1) is 5.27. The number of nitrogens with one attached hydrogen (secondary N) is 1. The van der Waals surface area contributed by atoms with Crippen molar-refractivity contribution in [2.24, 2.45) is 0 Å². The number of carbonyl (C=O) groups excluding carboxylic acids is 1. The van der Waals surface area contributed by atoms with E-state index in [1.54, 1.807) is 24.5 Å². The van der Waals surface area contributed by atoms with Crippen molar-refractivity contribution >= 4 is 33.0 Å². The van der Waals surface area contributed by atoms with Crippen LogP contribution in [0.15, 0.2) is 18.2 Å². The standard InChI is InChI=1S/C7H6ClNOP.Rf/c8-6-1-2-7(9-11)5(3-6)4-10;/h1-3,9H,11H2;/q-1;. The third kappa shape index (κ3) is 1.94. The van der Waals surface area contributed by atoms with Crippen molar-refractivity contribution in [1.29, 1.82) is 0 Å². The Morgan fingerprint density at radius 1 is 1.50 bits per heavy atom. The predicted octanol–water partition coefficient (Wildman–Crippen LogP) is 2.00. The van der Waals surface area contributed by atoms with Crippen LogP contribution >= 0.6 is 21.0 Å². The summed E-state index contributed by atoms with van der Waals surface area (Å²) in [5, 5.41) is 3.30. The number of hydrogen-bond donors (Lipinski definition) is 1. The van der Waals surface area contributed by atoms with Gasteiger partial charge in [-0.05, 0) is 5.02 Å². The molecule has 0 saturated carbocycles. The Hall–Kier alpha value is -1.59. The molecule has 0 spiro atoms. The first-order valence-corrected chi connectivity index (χ1v) is 3.88. The zero-order chi connectivity index (χ0) is 8.27. The van der Waals surface area contributed by atoms with Gasteiger partial charge >= 0.3 is 0 Å². The van der Waals surface area contributed by atoms with Crippen LogP contribution in [0.5, 0.6) is 0 Å². The predicted molar refractivity (Wildman–Crippen MR) is 49.6 cm³/mol. The monoisotopic (exact) mass is 453 g/mol. The van der Waals surface area contributed by atoms with Gasteiger partial charge in [-0.2, -0.15) is 0 Å². The first kappa shape index (κ1) is 10.4. The van der Waals surface area contributed by atoms with Gasteiger partial charge in [-0.1, -0.05) is 38.8 Å². The molecule has 0 bridgehead atoms. The van der Waals surface area contributed by atoms with E-state index in [1.807, 2.05) is 0 Å². The Morgan fingerprint density at radius 3 is 2.67 bits per heavy atom. The molecule has 12 heavy (non-hydrogen) atoms. The second-order valence-electron chi connectivity index (χ2n) is 1.94. The maximum atomic E-state index is 10.3. The molecule has 5 heteroatoms. The maximum absolute atomic E-state index is 10.3. The minimum absolute atomic E-state index is 0. The summed E-state index contributed by atoms with van der Waals surface area (Å²) in [6.07, 6.45) is 1.78. The van der Waals surface area contributed by atoms with Crippen LogP contribution in [0.1, 0.15) is 5.56 Å². The van der Waals surface area contributed by atoms with Gasteiger partial charge in [0.1, 0.15) is 0 Å². The summed E-state index contributed by atoms with van der Waals surface area (Å²) in [6, 6.07) is 4.98. The van der Waals surface area contributed by atoms with Crippen LogP contribution < -0.4 is 5.09 Å². The normalized spacial score (nSPS) is 8.50. The molecule has 1 N–H and O–H groups in total. The van der Waals surface area contributed by atoms with E-state index >= 15 is 0 Å². The van der Waals surface area contributed by atoms with Crippen molar-refractivity contribution in [1.82, 2.24) is 0 Å². The smallest absolute Gasteiger partial charge is 0.0647 e. The molecule has 0 saturated heterocycles. The Balaban J connectivity index is 0.00000121. The van der Waals surface area contributed by atoms with Gasteiger partial charge in [0, 0.05) is 0 Å². The summed E-state index contributed by atoms with van der Waals surface area (Å²) in [5.74, 6) is 0. The van der Waals surface area contributed by atoms with Crippen LogP contribution in [-0.2, 0) is 4.79 Å². The minimum atomic E-state index is 0. The molecule has 1 aromatic carbocycles. The summed E-state index contributed by atoms with van der Waals surface area (Å²) in [5.41, 5.74) is 1.14. The third-order valence-corrected chi connectivity index (χ3v) is 1.79. The quantitative estimate of drug-likeness (QED) is 0.548. The molecule has 0 heterocycles. The van der Waals surface area contributed by atoms with Crippen molar-refractivity contribution in [3.8, 4) is 0 Å². The van der Waals surface area contributed by atoms with E-state index < -0.39 is 0 Å². The molecule has 1 aromatic rings. The van der Waals surface area contributed by atoms with Crippen molar-refractivity contribution in [3.05, 3.63) is 28.8 Å². The van der Waals surface area contributed by atoms with E-state index in [9.17, 15) is 4.79 Å². The fraction of sp³-hybridized carbons (Fsp3) is 0. The van der Waals surface area contributed by atoms with Gasteiger partial charge in [0.2, 0.25) is 0 Å². The van der Waals surface area contributed by atoms with Gasteiger partial charge in [0.05, 0.1) is 6.29 Å². The summed E-state index contributed by atoms with van der Waals surface area (Å²) < 4.78 is 0. The van der Waals surface area contributed by atoms with E-state index in [-0.39, 0.29) is 0 Å². The van der Waals surface area contributed by atoms with E-state index in [0.29, 0.717) is 16.3 Å². The number of hydrogen-bond acceptors (Lipinski definition) is 2. The third-order valence-electron chi connectivity index (χ3n) is 1.25. The topological polar surface area (TPSA) is 29.1 Å². The molecule has 0 radical (unpaired) electrons. The molecule has 0 aliphatic rings. The van der Waals surface area contributed by atoms with Crippen LogP contribution in [0.2, 0.25) is 5.02 Å². The number of anilines is 1. The van der Waals surface area contributed by atoms with Crippen molar-refractivity contribution in [3.63, 3.8) is 0 Å². The summed E-state index contributed by atoms with van der Waals surface area (Å²) in [4.78, 5) is 10.3. The van der Waals surface area contributed by atoms with E-state index in [1.165, 1.54) is 0 Å². The van der Waals surface area contributed by atoms with Crippen molar-refractivity contribution in [2.75, 3.05) is 5.09 Å². The summed E-state index contributed by atoms with van der Waals surface area (Å²) in [6.45, 7) is 0. The molecule has 60 valence electrons. The molecular formula is C7H6ClNOPRf-. The Labute approximate surface area is 72.2 Å². The minimum Gasteiger partial charge on any atom is -0.421 e. The number of rotatable bonds is 2. The number of halogens is 1. The van der Waals surface area contributed by atoms with E-state index in [0.717, 1.165) is 0 Å². The van der Waals surface area contributed by atoms with E-state index in [4.69, 9.17) is 11.6 Å². The van der Waals surface area contributed by atoms with Crippen LogP contribution in [0.4, 0.5) is 5.69 Å². The van der Waals surface area contributed by atoms with Gasteiger partial charge in [0.15, 0.2) is 0 Å². The summed E-state index contributed by atoms with van der Waals surface area (Å²) in [7, 11) is 2.30.